The first kappa shape index (κ1) is 17.5. The number of rotatable bonds is 6. The van der Waals surface area contributed by atoms with Gasteiger partial charge in [-0.3, -0.25) is 4.68 Å². The highest BCUT2D eigenvalue weighted by Crippen LogP contribution is 2.43. The molecule has 2 N–H and O–H groups in total. The van der Waals surface area contributed by atoms with Crippen LogP contribution in [0.2, 0.25) is 0 Å². The van der Waals surface area contributed by atoms with Crippen molar-refractivity contribution in [3.05, 3.63) is 53.6 Å². The third kappa shape index (κ3) is 4.00. The predicted molar refractivity (Wildman–Crippen MR) is 98.0 cm³/mol. The van der Waals surface area contributed by atoms with Gasteiger partial charge in [-0.25, -0.2) is 9.38 Å². The van der Waals surface area contributed by atoms with Crippen LogP contribution >= 0.6 is 0 Å². The van der Waals surface area contributed by atoms with Crippen molar-refractivity contribution in [1.29, 1.82) is 0 Å². The van der Waals surface area contributed by atoms with Gasteiger partial charge >= 0.3 is 0 Å². The maximum atomic E-state index is 13.2. The molecular formula is C19H26FN5. The molecule has 0 unspecified atom stereocenters. The van der Waals surface area contributed by atoms with Crippen molar-refractivity contribution in [2.45, 2.75) is 38.1 Å². The Hall–Kier alpha value is -2.37. The second-order valence-corrected chi connectivity index (χ2v) is 6.64. The summed E-state index contributed by atoms with van der Waals surface area (Å²) in [6.07, 6.45) is 5.23. The van der Waals surface area contributed by atoms with Gasteiger partial charge in [-0.05, 0) is 43.5 Å². The summed E-state index contributed by atoms with van der Waals surface area (Å²) in [6.45, 7) is 4.24. The van der Waals surface area contributed by atoms with E-state index in [-0.39, 0.29) is 11.2 Å². The zero-order valence-electron chi connectivity index (χ0n) is 14.9. The maximum Gasteiger partial charge on any atom is 0.191 e. The van der Waals surface area contributed by atoms with Gasteiger partial charge in [0.25, 0.3) is 0 Å². The number of aromatic nitrogens is 2. The number of guanidine groups is 1. The minimum absolute atomic E-state index is 0.0798. The second-order valence-electron chi connectivity index (χ2n) is 6.64. The lowest BCUT2D eigenvalue weighted by molar-refractivity contribution is 0.243. The van der Waals surface area contributed by atoms with Crippen LogP contribution in [0.5, 0.6) is 0 Å². The van der Waals surface area contributed by atoms with Crippen molar-refractivity contribution in [3.63, 3.8) is 0 Å². The summed E-state index contributed by atoms with van der Waals surface area (Å²) in [5.74, 6) is 0.620. The molecule has 1 heterocycles. The lowest BCUT2D eigenvalue weighted by atomic mass is 9.64. The van der Waals surface area contributed by atoms with Gasteiger partial charge in [0.05, 0.1) is 12.2 Å². The van der Waals surface area contributed by atoms with E-state index in [1.54, 1.807) is 18.3 Å². The molecule has 5 nitrogen and oxygen atoms in total. The maximum absolute atomic E-state index is 13.2. The van der Waals surface area contributed by atoms with Gasteiger partial charge in [0.2, 0.25) is 0 Å². The first-order valence-electron chi connectivity index (χ1n) is 8.88. The summed E-state index contributed by atoms with van der Waals surface area (Å²) in [7, 11) is 1.92. The molecule has 0 aliphatic heterocycles. The van der Waals surface area contributed by atoms with Crippen LogP contribution in [0, 0.1) is 5.82 Å². The normalized spacial score (nSPS) is 16.4. The smallest absolute Gasteiger partial charge is 0.191 e. The van der Waals surface area contributed by atoms with Crippen LogP contribution < -0.4 is 10.6 Å². The molecular weight excluding hydrogens is 317 g/mol. The fraction of sp³-hybridized carbons (Fsp3) is 0.474. The van der Waals surface area contributed by atoms with Crippen LogP contribution in [0.4, 0.5) is 4.39 Å². The fourth-order valence-electron chi connectivity index (χ4n) is 3.29. The molecule has 1 aliphatic carbocycles. The van der Waals surface area contributed by atoms with E-state index in [0.29, 0.717) is 6.54 Å². The number of aryl methyl sites for hydroxylation is 1. The van der Waals surface area contributed by atoms with E-state index in [0.717, 1.165) is 37.6 Å². The molecule has 0 saturated heterocycles. The van der Waals surface area contributed by atoms with E-state index in [9.17, 15) is 4.39 Å². The van der Waals surface area contributed by atoms with Crippen molar-refractivity contribution in [3.8, 4) is 0 Å². The van der Waals surface area contributed by atoms with Crippen LogP contribution in [0.3, 0.4) is 0 Å². The fourth-order valence-corrected chi connectivity index (χ4v) is 3.29. The van der Waals surface area contributed by atoms with Crippen molar-refractivity contribution in [2.75, 3.05) is 13.1 Å². The molecule has 0 radical (unpaired) electrons. The first-order valence-corrected chi connectivity index (χ1v) is 8.88. The number of hydrogen-bond acceptors (Lipinski definition) is 2. The molecule has 1 saturated carbocycles. The largest absolute Gasteiger partial charge is 0.357 e. The highest BCUT2D eigenvalue weighted by atomic mass is 19.1. The minimum atomic E-state index is -0.183. The summed E-state index contributed by atoms with van der Waals surface area (Å²) in [6, 6.07) is 8.90. The molecule has 6 heteroatoms. The first-order chi connectivity index (χ1) is 12.1. The molecule has 25 heavy (non-hydrogen) atoms. The predicted octanol–water partition coefficient (Wildman–Crippen LogP) is 2.74. The highest BCUT2D eigenvalue weighted by molar-refractivity contribution is 5.79. The number of benzene rings is 1. The van der Waals surface area contributed by atoms with Gasteiger partial charge in [0.1, 0.15) is 5.82 Å². The van der Waals surface area contributed by atoms with E-state index in [1.165, 1.54) is 12.0 Å². The van der Waals surface area contributed by atoms with E-state index in [2.05, 4.69) is 27.6 Å². The molecule has 0 atom stereocenters. The van der Waals surface area contributed by atoms with Crippen molar-refractivity contribution in [2.24, 2.45) is 12.0 Å². The Balaban J connectivity index is 1.67. The molecule has 134 valence electrons. The van der Waals surface area contributed by atoms with Crippen molar-refractivity contribution >= 4 is 5.96 Å². The molecule has 0 spiro atoms. The van der Waals surface area contributed by atoms with Crippen LogP contribution in [-0.2, 0) is 19.0 Å². The van der Waals surface area contributed by atoms with Crippen molar-refractivity contribution in [1.82, 2.24) is 20.4 Å². The van der Waals surface area contributed by atoms with E-state index in [4.69, 9.17) is 0 Å². The number of aliphatic imine (C=N–C) groups is 1. The average Bonchev–Trinajstić information content (AvgIpc) is 2.98. The monoisotopic (exact) mass is 343 g/mol. The number of halogens is 1. The van der Waals surface area contributed by atoms with Gasteiger partial charge in [-0.15, -0.1) is 0 Å². The molecule has 1 aliphatic rings. The third-order valence-corrected chi connectivity index (χ3v) is 5.03. The number of nitrogens with one attached hydrogen (secondary N) is 2. The van der Waals surface area contributed by atoms with Gasteiger partial charge in [0, 0.05) is 31.7 Å². The quantitative estimate of drug-likeness (QED) is 0.626. The zero-order valence-corrected chi connectivity index (χ0v) is 14.9. The third-order valence-electron chi connectivity index (χ3n) is 5.03. The molecule has 3 rings (SSSR count). The topological polar surface area (TPSA) is 54.2 Å². The summed E-state index contributed by atoms with van der Waals surface area (Å²) < 4.78 is 15.1. The van der Waals surface area contributed by atoms with Gasteiger partial charge in [0.15, 0.2) is 5.96 Å². The molecule has 0 amide bonds. The highest BCUT2D eigenvalue weighted by Gasteiger charge is 2.38. The average molecular weight is 343 g/mol. The van der Waals surface area contributed by atoms with E-state index in [1.807, 2.05) is 29.9 Å². The molecule has 1 aromatic heterocycles. The number of hydrogen-bond donors (Lipinski definition) is 2. The van der Waals surface area contributed by atoms with Gasteiger partial charge in [-0.2, -0.15) is 5.10 Å². The summed E-state index contributed by atoms with van der Waals surface area (Å²) in [4.78, 5) is 4.66. The Morgan fingerprint density at radius 1 is 1.24 bits per heavy atom. The standard InChI is InChI=1S/C19H26FN5/c1-3-21-18(22-13-17-9-12-24-25(17)2)23-14-19(10-4-11-19)15-5-7-16(20)8-6-15/h5-9,12H,3-4,10-11,13-14H2,1-2H3,(H2,21,22,23). The molecule has 1 fully saturated rings. The van der Waals surface area contributed by atoms with Crippen molar-refractivity contribution < 1.29 is 4.39 Å². The Bertz CT molecular complexity index is 716. The minimum Gasteiger partial charge on any atom is -0.357 e. The van der Waals surface area contributed by atoms with Crippen LogP contribution in [0.1, 0.15) is 37.4 Å². The van der Waals surface area contributed by atoms with Crippen LogP contribution in [0.25, 0.3) is 0 Å². The summed E-state index contributed by atoms with van der Waals surface area (Å²) in [5, 5.41) is 10.9. The van der Waals surface area contributed by atoms with Crippen LogP contribution in [0.15, 0.2) is 41.5 Å². The Kier molecular flexibility index (Phi) is 5.36. The van der Waals surface area contributed by atoms with Gasteiger partial charge < -0.3 is 10.6 Å². The zero-order chi connectivity index (χ0) is 17.7. The summed E-state index contributed by atoms with van der Waals surface area (Å²) >= 11 is 0. The van der Waals surface area contributed by atoms with E-state index >= 15 is 0 Å². The van der Waals surface area contributed by atoms with Crippen LogP contribution in [-0.4, -0.2) is 28.8 Å². The van der Waals surface area contributed by atoms with E-state index < -0.39 is 0 Å². The molecule has 0 bridgehead atoms. The molecule has 2 aromatic rings. The SMILES string of the molecule is CCNC(=NCc1ccnn1C)NCC1(c2ccc(F)cc2)CCC1. The lowest BCUT2D eigenvalue weighted by Gasteiger charge is -2.43. The van der Waals surface area contributed by atoms with Gasteiger partial charge in [-0.1, -0.05) is 18.6 Å². The number of nitrogens with zero attached hydrogens (tertiary/aromatic N) is 3. The molecule has 1 aromatic carbocycles. The lowest BCUT2D eigenvalue weighted by Crippen LogP contribution is -2.48. The Morgan fingerprint density at radius 2 is 2.00 bits per heavy atom. The Morgan fingerprint density at radius 3 is 2.56 bits per heavy atom. The Labute approximate surface area is 148 Å². The summed E-state index contributed by atoms with van der Waals surface area (Å²) in [5.41, 5.74) is 2.35. The second kappa shape index (κ2) is 7.68.